The van der Waals surface area contributed by atoms with Crippen LogP contribution in [0.4, 0.5) is 5.69 Å². The lowest BCUT2D eigenvalue weighted by Gasteiger charge is -2.20. The molecule has 0 spiro atoms. The minimum atomic E-state index is -0.285. The number of carbonyl (C=O) groups is 1. The van der Waals surface area contributed by atoms with Crippen molar-refractivity contribution in [2.45, 2.75) is 53.9 Å². The third-order valence-corrected chi connectivity index (χ3v) is 5.47. The Hall–Kier alpha value is -3.69. The van der Waals surface area contributed by atoms with Gasteiger partial charge in [0.1, 0.15) is 5.75 Å². The Kier molecular flexibility index (Phi) is 7.62. The van der Waals surface area contributed by atoms with E-state index in [4.69, 9.17) is 4.84 Å². The van der Waals surface area contributed by atoms with E-state index in [2.05, 4.69) is 63.4 Å². The minimum absolute atomic E-state index is 0.102. The third kappa shape index (κ3) is 7.14. The molecule has 0 aliphatic rings. The summed E-state index contributed by atoms with van der Waals surface area (Å²) < 4.78 is 0. The fraction of sp³-hybridized carbons (Fsp3) is 0.345. The minimum Gasteiger partial charge on any atom is -0.409 e. The number of nitrogens with one attached hydrogen (secondary N) is 2. The van der Waals surface area contributed by atoms with Crippen molar-refractivity contribution in [2.75, 3.05) is 11.9 Å². The van der Waals surface area contributed by atoms with Crippen LogP contribution in [0, 0.1) is 23.7 Å². The van der Waals surface area contributed by atoms with Crippen LogP contribution in [0.15, 0.2) is 54.7 Å². The molecule has 182 valence electrons. The van der Waals surface area contributed by atoms with Gasteiger partial charge in [-0.15, -0.1) is 0 Å². The molecule has 6 nitrogen and oxygen atoms in total. The number of hydrogen-bond donors (Lipinski definition) is 2. The molecule has 0 radical (unpaired) electrons. The number of nitriles is 1. The van der Waals surface area contributed by atoms with Crippen molar-refractivity contribution in [1.29, 1.82) is 5.26 Å². The molecular weight excluding hydrogens is 436 g/mol. The van der Waals surface area contributed by atoms with Crippen molar-refractivity contribution in [2.24, 2.45) is 5.41 Å². The summed E-state index contributed by atoms with van der Waals surface area (Å²) >= 11 is 0. The highest BCUT2D eigenvalue weighted by atomic mass is 16.6. The Labute approximate surface area is 208 Å². The van der Waals surface area contributed by atoms with Gasteiger partial charge >= 0.3 is 0 Å². The Morgan fingerprint density at radius 1 is 1.06 bits per heavy atom. The van der Waals surface area contributed by atoms with Gasteiger partial charge in [-0.05, 0) is 65.3 Å². The Morgan fingerprint density at radius 3 is 2.46 bits per heavy atom. The lowest BCUT2D eigenvalue weighted by atomic mass is 9.85. The zero-order chi connectivity index (χ0) is 25.8. The van der Waals surface area contributed by atoms with Gasteiger partial charge in [0.15, 0.2) is 0 Å². The smallest absolute Gasteiger partial charge is 0.255 e. The van der Waals surface area contributed by atoms with Gasteiger partial charge in [-0.3, -0.25) is 9.78 Å². The van der Waals surface area contributed by atoms with Gasteiger partial charge in [0, 0.05) is 23.4 Å². The predicted molar refractivity (Wildman–Crippen MR) is 140 cm³/mol. The van der Waals surface area contributed by atoms with E-state index in [0.717, 1.165) is 22.4 Å². The number of hydrogen-bond acceptors (Lipinski definition) is 5. The first-order chi connectivity index (χ1) is 16.4. The van der Waals surface area contributed by atoms with E-state index in [0.29, 0.717) is 29.1 Å². The summed E-state index contributed by atoms with van der Waals surface area (Å²) in [4.78, 5) is 23.3. The number of aryl methyl sites for hydroxylation is 1. The van der Waals surface area contributed by atoms with Crippen molar-refractivity contribution >= 4 is 11.6 Å². The summed E-state index contributed by atoms with van der Waals surface area (Å²) in [5, 5.41) is 12.4. The summed E-state index contributed by atoms with van der Waals surface area (Å²) in [6.07, 6.45) is 1.64. The number of rotatable bonds is 6. The van der Waals surface area contributed by atoms with Crippen LogP contribution in [0.5, 0.6) is 5.75 Å². The molecule has 1 aromatic heterocycles. The van der Waals surface area contributed by atoms with Crippen molar-refractivity contribution in [3.63, 3.8) is 0 Å². The highest BCUT2D eigenvalue weighted by molar-refractivity contribution is 6.04. The van der Waals surface area contributed by atoms with Crippen LogP contribution in [0.2, 0.25) is 0 Å². The van der Waals surface area contributed by atoms with Crippen LogP contribution in [0.1, 0.15) is 68.7 Å². The standard InChI is InChI=1S/C29H34N4O2/c1-19-26(21-9-8-10-25(14-21)35-32-18-28(2,3)4)15-24(17-31-19)33-27(34)22-11-20(16-30)12-23(13-22)29(5,6)7/h8-15,17,32H,18H2,1-7H3,(H,33,34). The molecule has 1 amide bonds. The van der Waals surface area contributed by atoms with Crippen LogP contribution < -0.4 is 15.6 Å². The summed E-state index contributed by atoms with van der Waals surface area (Å²) in [6, 6.07) is 17.1. The average Bonchev–Trinajstić information content (AvgIpc) is 2.78. The lowest BCUT2D eigenvalue weighted by molar-refractivity contribution is 0.102. The maximum absolute atomic E-state index is 13.1. The van der Waals surface area contributed by atoms with Crippen molar-refractivity contribution in [3.05, 3.63) is 77.1 Å². The molecule has 2 N–H and O–H groups in total. The van der Waals surface area contributed by atoms with Crippen molar-refractivity contribution in [3.8, 4) is 22.9 Å². The molecule has 0 saturated carbocycles. The molecule has 0 unspecified atom stereocenters. The quantitative estimate of drug-likeness (QED) is 0.407. The third-order valence-electron chi connectivity index (χ3n) is 5.47. The number of hydroxylamine groups is 1. The molecule has 0 bridgehead atoms. The summed E-state index contributed by atoms with van der Waals surface area (Å²) in [7, 11) is 0. The summed E-state index contributed by atoms with van der Waals surface area (Å²) in [6.45, 7) is 15.2. The largest absolute Gasteiger partial charge is 0.409 e. The normalized spacial score (nSPS) is 11.6. The number of amides is 1. The Bertz CT molecular complexity index is 1260. The summed E-state index contributed by atoms with van der Waals surface area (Å²) in [5.74, 6) is 0.413. The molecule has 2 aromatic carbocycles. The molecule has 0 atom stereocenters. The van der Waals surface area contributed by atoms with Crippen molar-refractivity contribution < 1.29 is 9.63 Å². The first-order valence-corrected chi connectivity index (χ1v) is 11.7. The van der Waals surface area contributed by atoms with E-state index in [1.807, 2.05) is 49.4 Å². The van der Waals surface area contributed by atoms with Crippen molar-refractivity contribution in [1.82, 2.24) is 10.5 Å². The molecule has 0 saturated heterocycles. The molecule has 35 heavy (non-hydrogen) atoms. The second-order valence-electron chi connectivity index (χ2n) is 11.0. The highest BCUT2D eigenvalue weighted by Crippen LogP contribution is 2.29. The van der Waals surface area contributed by atoms with E-state index in [1.54, 1.807) is 12.3 Å². The number of benzene rings is 2. The molecule has 1 heterocycles. The molecule has 3 rings (SSSR count). The highest BCUT2D eigenvalue weighted by Gasteiger charge is 2.18. The Balaban J connectivity index is 1.84. The van der Waals surface area contributed by atoms with Crippen LogP contribution in [-0.4, -0.2) is 17.4 Å². The monoisotopic (exact) mass is 470 g/mol. The van der Waals surface area contributed by atoms with Gasteiger partial charge in [-0.2, -0.15) is 10.7 Å². The second-order valence-corrected chi connectivity index (χ2v) is 11.0. The van der Waals surface area contributed by atoms with Crippen LogP contribution in [0.25, 0.3) is 11.1 Å². The number of nitrogens with zero attached hydrogens (tertiary/aromatic N) is 2. The Morgan fingerprint density at radius 2 is 1.80 bits per heavy atom. The number of pyridine rings is 1. The molecule has 6 heteroatoms. The number of aromatic nitrogens is 1. The maximum atomic E-state index is 13.1. The van der Waals surface area contributed by atoms with Gasteiger partial charge in [0.2, 0.25) is 0 Å². The first kappa shape index (κ1) is 25.9. The first-order valence-electron chi connectivity index (χ1n) is 11.7. The topological polar surface area (TPSA) is 87.0 Å². The van der Waals surface area contributed by atoms with Crippen LogP contribution in [-0.2, 0) is 5.41 Å². The fourth-order valence-electron chi connectivity index (χ4n) is 3.42. The van der Waals surface area contributed by atoms with E-state index >= 15 is 0 Å². The number of carbonyl (C=O) groups excluding carboxylic acids is 1. The van der Waals surface area contributed by atoms with Crippen LogP contribution >= 0.6 is 0 Å². The molecule has 3 aromatic rings. The zero-order valence-electron chi connectivity index (χ0n) is 21.6. The van der Waals surface area contributed by atoms with Gasteiger partial charge in [0.05, 0.1) is 23.5 Å². The second kappa shape index (κ2) is 10.3. The van der Waals surface area contributed by atoms with E-state index in [1.165, 1.54) is 0 Å². The van der Waals surface area contributed by atoms with Gasteiger partial charge < -0.3 is 10.2 Å². The summed E-state index contributed by atoms with van der Waals surface area (Å²) in [5.41, 5.74) is 8.01. The number of anilines is 1. The predicted octanol–water partition coefficient (Wildman–Crippen LogP) is 6.41. The van der Waals surface area contributed by atoms with Gasteiger partial charge in [-0.25, -0.2) is 0 Å². The molecular formula is C29H34N4O2. The average molecular weight is 471 g/mol. The SMILES string of the molecule is Cc1ncc(NC(=O)c2cc(C#N)cc(C(C)(C)C)c2)cc1-c1cccc(ONCC(C)(C)C)c1. The molecule has 0 aliphatic heterocycles. The molecule has 0 aliphatic carbocycles. The van der Waals surface area contributed by atoms with Gasteiger partial charge in [-0.1, -0.05) is 53.7 Å². The van der Waals surface area contributed by atoms with E-state index < -0.39 is 0 Å². The lowest BCUT2D eigenvalue weighted by Crippen LogP contribution is -2.29. The van der Waals surface area contributed by atoms with E-state index in [-0.39, 0.29) is 16.7 Å². The van der Waals surface area contributed by atoms with Gasteiger partial charge in [0.25, 0.3) is 5.91 Å². The fourth-order valence-corrected chi connectivity index (χ4v) is 3.42. The zero-order valence-corrected chi connectivity index (χ0v) is 21.6. The van der Waals surface area contributed by atoms with E-state index in [9.17, 15) is 10.1 Å². The maximum Gasteiger partial charge on any atom is 0.255 e. The van der Waals surface area contributed by atoms with Crippen LogP contribution in [0.3, 0.4) is 0 Å². The molecule has 0 fully saturated rings.